The van der Waals surface area contributed by atoms with Gasteiger partial charge in [0, 0.05) is 30.9 Å². The first-order valence-corrected chi connectivity index (χ1v) is 11.4. The Kier molecular flexibility index (Phi) is 5.99. The molecule has 5 rings (SSSR count). The summed E-state index contributed by atoms with van der Waals surface area (Å²) in [6.45, 7) is 1.58. The molecular weight excluding hydrogens is 428 g/mol. The number of amides is 2. The van der Waals surface area contributed by atoms with Crippen LogP contribution in [0.2, 0.25) is 0 Å². The molecular formula is C27H26N4O3. The number of aromatic hydroxyl groups is 1. The van der Waals surface area contributed by atoms with Crippen LogP contribution in [0.25, 0.3) is 10.8 Å². The maximum atomic E-state index is 13.2. The van der Waals surface area contributed by atoms with Gasteiger partial charge in [-0.15, -0.1) is 0 Å². The molecule has 7 heteroatoms. The fourth-order valence-electron chi connectivity index (χ4n) is 4.52. The maximum Gasteiger partial charge on any atom is 0.258 e. The number of hydrogen-bond donors (Lipinski definition) is 2. The lowest BCUT2D eigenvalue weighted by Gasteiger charge is -2.24. The molecule has 7 nitrogen and oxygen atoms in total. The molecule has 1 aromatic heterocycles. The highest BCUT2D eigenvalue weighted by Gasteiger charge is 2.35. The normalized spacial score (nSPS) is 15.5. The van der Waals surface area contributed by atoms with Gasteiger partial charge in [0.15, 0.2) is 0 Å². The monoisotopic (exact) mass is 454 g/mol. The largest absolute Gasteiger partial charge is 0.506 e. The first kappa shape index (κ1) is 21.7. The zero-order valence-electron chi connectivity index (χ0n) is 18.7. The Balaban J connectivity index is 1.23. The second-order valence-corrected chi connectivity index (χ2v) is 8.58. The van der Waals surface area contributed by atoms with Gasteiger partial charge in [-0.05, 0) is 41.5 Å². The van der Waals surface area contributed by atoms with E-state index < -0.39 is 6.04 Å². The van der Waals surface area contributed by atoms with Gasteiger partial charge in [0.05, 0.1) is 12.1 Å². The maximum absolute atomic E-state index is 13.2. The fraction of sp³-hybridized carbons (Fsp3) is 0.222. The molecule has 2 amide bonds. The van der Waals surface area contributed by atoms with Crippen LogP contribution in [-0.4, -0.2) is 44.2 Å². The second kappa shape index (κ2) is 9.39. The minimum Gasteiger partial charge on any atom is -0.506 e. The molecule has 0 radical (unpaired) electrons. The van der Waals surface area contributed by atoms with Crippen LogP contribution in [0.15, 0.2) is 79.1 Å². The van der Waals surface area contributed by atoms with E-state index in [4.69, 9.17) is 0 Å². The number of nitrogens with zero attached hydrogens (tertiary/aromatic N) is 3. The Morgan fingerprint density at radius 2 is 1.79 bits per heavy atom. The summed E-state index contributed by atoms with van der Waals surface area (Å²) >= 11 is 0. The van der Waals surface area contributed by atoms with Crippen molar-refractivity contribution >= 4 is 22.6 Å². The van der Waals surface area contributed by atoms with Crippen LogP contribution in [0.4, 0.5) is 0 Å². The number of phenolic OH excluding ortho intramolecular Hbond substituents is 1. The Morgan fingerprint density at radius 1 is 1.00 bits per heavy atom. The van der Waals surface area contributed by atoms with Crippen LogP contribution < -0.4 is 5.32 Å². The lowest BCUT2D eigenvalue weighted by atomic mass is 10.0. The van der Waals surface area contributed by atoms with Gasteiger partial charge in [0.1, 0.15) is 11.8 Å². The molecule has 0 unspecified atom stereocenters. The topological polar surface area (TPSA) is 87.5 Å². The first-order chi connectivity index (χ1) is 16.6. The molecule has 1 aliphatic heterocycles. The minimum atomic E-state index is -0.544. The molecule has 2 N–H and O–H groups in total. The third kappa shape index (κ3) is 4.37. The van der Waals surface area contributed by atoms with E-state index in [1.165, 1.54) is 0 Å². The molecule has 3 aromatic carbocycles. The van der Waals surface area contributed by atoms with Crippen molar-refractivity contribution < 1.29 is 14.7 Å². The van der Waals surface area contributed by atoms with Crippen LogP contribution >= 0.6 is 0 Å². The molecule has 0 bridgehead atoms. The lowest BCUT2D eigenvalue weighted by Crippen LogP contribution is -2.45. The molecule has 0 spiro atoms. The van der Waals surface area contributed by atoms with Gasteiger partial charge < -0.3 is 15.3 Å². The minimum absolute atomic E-state index is 0.0376. The predicted octanol–water partition coefficient (Wildman–Crippen LogP) is 3.71. The van der Waals surface area contributed by atoms with E-state index in [0.717, 1.165) is 22.9 Å². The van der Waals surface area contributed by atoms with Gasteiger partial charge >= 0.3 is 0 Å². The molecule has 0 aliphatic carbocycles. The van der Waals surface area contributed by atoms with Gasteiger partial charge in [-0.1, -0.05) is 54.6 Å². The summed E-state index contributed by atoms with van der Waals surface area (Å²) < 4.78 is 1.86. The highest BCUT2D eigenvalue weighted by Crippen LogP contribution is 2.31. The van der Waals surface area contributed by atoms with Crippen LogP contribution in [0, 0.1) is 0 Å². The van der Waals surface area contributed by atoms with Gasteiger partial charge in [-0.2, -0.15) is 5.10 Å². The molecule has 1 aliphatic rings. The Bertz CT molecular complexity index is 1320. The smallest absolute Gasteiger partial charge is 0.258 e. The van der Waals surface area contributed by atoms with Gasteiger partial charge in [0.25, 0.3) is 5.91 Å². The SMILES string of the molecule is O=C(NCc1ccc(Cn2cccn2)cc1)[C@@H]1CCCN1C(=O)c1ccc2ccccc2c1O. The number of fused-ring (bicyclic) bond motifs is 1. The third-order valence-corrected chi connectivity index (χ3v) is 6.34. The molecule has 0 saturated carbocycles. The predicted molar refractivity (Wildman–Crippen MR) is 129 cm³/mol. The van der Waals surface area contributed by atoms with Crippen LogP contribution in [-0.2, 0) is 17.9 Å². The number of carbonyl (C=O) groups excluding carboxylic acids is 2. The van der Waals surface area contributed by atoms with Crippen molar-refractivity contribution in [1.29, 1.82) is 0 Å². The quantitative estimate of drug-likeness (QED) is 0.465. The number of rotatable bonds is 6. The summed E-state index contributed by atoms with van der Waals surface area (Å²) in [7, 11) is 0. The molecule has 1 fully saturated rings. The summed E-state index contributed by atoms with van der Waals surface area (Å²) in [4.78, 5) is 27.8. The third-order valence-electron chi connectivity index (χ3n) is 6.34. The van der Waals surface area contributed by atoms with Crippen molar-refractivity contribution in [2.75, 3.05) is 6.54 Å². The summed E-state index contributed by atoms with van der Waals surface area (Å²) in [5.74, 6) is -0.528. The van der Waals surface area contributed by atoms with E-state index in [9.17, 15) is 14.7 Å². The van der Waals surface area contributed by atoms with Crippen LogP contribution in [0.3, 0.4) is 0 Å². The number of likely N-dealkylation sites (tertiary alicyclic amines) is 1. The Hall–Kier alpha value is -4.13. The van der Waals surface area contributed by atoms with E-state index in [0.29, 0.717) is 31.4 Å². The summed E-state index contributed by atoms with van der Waals surface area (Å²) in [6, 6.07) is 20.2. The van der Waals surface area contributed by atoms with Crippen molar-refractivity contribution in [2.45, 2.75) is 32.0 Å². The van der Waals surface area contributed by atoms with E-state index in [1.54, 1.807) is 23.2 Å². The van der Waals surface area contributed by atoms with E-state index in [1.807, 2.05) is 65.5 Å². The lowest BCUT2D eigenvalue weighted by molar-refractivity contribution is -0.125. The van der Waals surface area contributed by atoms with Crippen molar-refractivity contribution in [2.24, 2.45) is 0 Å². The summed E-state index contributed by atoms with van der Waals surface area (Å²) in [5.41, 5.74) is 2.34. The summed E-state index contributed by atoms with van der Waals surface area (Å²) in [5, 5.41) is 19.4. The number of benzene rings is 3. The van der Waals surface area contributed by atoms with Crippen molar-refractivity contribution in [3.05, 3.63) is 95.8 Å². The molecule has 4 aromatic rings. The Labute approximate surface area is 197 Å². The molecule has 1 saturated heterocycles. The molecule has 172 valence electrons. The number of aromatic nitrogens is 2. The van der Waals surface area contributed by atoms with Crippen LogP contribution in [0.5, 0.6) is 5.75 Å². The molecule has 2 heterocycles. The van der Waals surface area contributed by atoms with E-state index in [2.05, 4.69) is 10.4 Å². The molecule has 1 atom stereocenters. The first-order valence-electron chi connectivity index (χ1n) is 11.4. The standard InChI is InChI=1S/C27H26N4O3/c32-25-22-6-2-1-5-21(22)12-13-23(25)27(34)31-16-3-7-24(31)26(33)28-17-19-8-10-20(11-9-19)18-30-15-4-14-29-30/h1-2,4-6,8-15,24,32H,3,7,16-18H2,(H,28,33)/t24-/m0/s1. The average Bonchev–Trinajstić information content (AvgIpc) is 3.56. The van der Waals surface area contributed by atoms with Gasteiger partial charge in [-0.3, -0.25) is 14.3 Å². The zero-order chi connectivity index (χ0) is 23.5. The fourth-order valence-corrected chi connectivity index (χ4v) is 4.52. The highest BCUT2D eigenvalue weighted by atomic mass is 16.3. The number of nitrogens with one attached hydrogen (secondary N) is 1. The van der Waals surface area contributed by atoms with E-state index in [-0.39, 0.29) is 23.1 Å². The number of hydrogen-bond acceptors (Lipinski definition) is 4. The second-order valence-electron chi connectivity index (χ2n) is 8.58. The average molecular weight is 455 g/mol. The van der Waals surface area contributed by atoms with E-state index >= 15 is 0 Å². The van der Waals surface area contributed by atoms with Gasteiger partial charge in [0.2, 0.25) is 5.91 Å². The zero-order valence-corrected chi connectivity index (χ0v) is 18.7. The summed E-state index contributed by atoms with van der Waals surface area (Å²) in [6.07, 6.45) is 5.03. The Morgan fingerprint density at radius 3 is 2.59 bits per heavy atom. The molecule has 34 heavy (non-hydrogen) atoms. The van der Waals surface area contributed by atoms with Gasteiger partial charge in [-0.25, -0.2) is 0 Å². The van der Waals surface area contributed by atoms with Crippen molar-refractivity contribution in [3.8, 4) is 5.75 Å². The van der Waals surface area contributed by atoms with Crippen molar-refractivity contribution in [1.82, 2.24) is 20.0 Å². The van der Waals surface area contributed by atoms with Crippen LogP contribution in [0.1, 0.15) is 34.3 Å². The number of carbonyl (C=O) groups is 2. The number of phenols is 1. The van der Waals surface area contributed by atoms with Crippen molar-refractivity contribution in [3.63, 3.8) is 0 Å². The highest BCUT2D eigenvalue weighted by molar-refractivity contribution is 6.05.